The molecule has 0 spiro atoms. The summed E-state index contributed by atoms with van der Waals surface area (Å²) in [5.41, 5.74) is 1.14. The standard InChI is InChI=1S/C20H13N3O5S/c24-15-6-4-13(5-7-15)21-20-22-19(25)18(29-20)11-16-8-9-17(28-16)12-2-1-3-14(10-12)23(26)27/h1-11,24H,(H,21,22,25). The number of amides is 1. The molecule has 1 aliphatic rings. The maximum Gasteiger partial charge on any atom is 0.270 e. The first kappa shape index (κ1) is 18.5. The number of non-ortho nitro benzene ring substituents is 1. The second kappa shape index (κ2) is 7.64. The number of carbonyl (C=O) groups is 1. The largest absolute Gasteiger partial charge is 0.508 e. The number of nitro benzene ring substituents is 1. The van der Waals surface area contributed by atoms with Crippen LogP contribution < -0.4 is 5.32 Å². The molecule has 0 bridgehead atoms. The number of nitrogens with one attached hydrogen (secondary N) is 1. The van der Waals surface area contributed by atoms with E-state index in [1.165, 1.54) is 24.3 Å². The van der Waals surface area contributed by atoms with Gasteiger partial charge in [0.2, 0.25) is 0 Å². The Bertz CT molecular complexity index is 1160. The first-order valence-corrected chi connectivity index (χ1v) is 9.23. The van der Waals surface area contributed by atoms with Crippen LogP contribution in [-0.2, 0) is 4.79 Å². The van der Waals surface area contributed by atoms with Gasteiger partial charge in [0, 0.05) is 23.8 Å². The van der Waals surface area contributed by atoms with Gasteiger partial charge in [-0.1, -0.05) is 12.1 Å². The third-order valence-electron chi connectivity index (χ3n) is 3.97. The first-order valence-electron chi connectivity index (χ1n) is 8.41. The predicted octanol–water partition coefficient (Wildman–Crippen LogP) is 4.45. The second-order valence-corrected chi connectivity index (χ2v) is 7.04. The van der Waals surface area contributed by atoms with Gasteiger partial charge in [-0.2, -0.15) is 0 Å². The van der Waals surface area contributed by atoms with Crippen molar-refractivity contribution < 1.29 is 19.2 Å². The summed E-state index contributed by atoms with van der Waals surface area (Å²) in [6, 6.07) is 15.8. The normalized spacial score (nSPS) is 16.3. The van der Waals surface area contributed by atoms with E-state index in [0.29, 0.717) is 32.8 Å². The number of aromatic hydroxyl groups is 1. The fourth-order valence-corrected chi connectivity index (χ4v) is 3.43. The molecule has 2 N–H and O–H groups in total. The predicted molar refractivity (Wildman–Crippen MR) is 110 cm³/mol. The highest BCUT2D eigenvalue weighted by Crippen LogP contribution is 2.31. The number of rotatable bonds is 4. The van der Waals surface area contributed by atoms with Crippen LogP contribution in [0.1, 0.15) is 5.76 Å². The Morgan fingerprint density at radius 1 is 1.14 bits per heavy atom. The lowest BCUT2D eigenvalue weighted by molar-refractivity contribution is -0.384. The minimum atomic E-state index is -0.468. The number of carbonyl (C=O) groups excluding carboxylic acids is 1. The molecule has 0 aliphatic carbocycles. The van der Waals surface area contributed by atoms with Crippen molar-refractivity contribution in [2.24, 2.45) is 4.99 Å². The fraction of sp³-hybridized carbons (Fsp3) is 0. The number of nitrogens with zero attached hydrogens (tertiary/aromatic N) is 2. The molecule has 0 radical (unpaired) electrons. The Morgan fingerprint density at radius 2 is 1.93 bits per heavy atom. The molecule has 1 saturated heterocycles. The Kier molecular flexibility index (Phi) is 4.88. The van der Waals surface area contributed by atoms with Crippen molar-refractivity contribution in [3.63, 3.8) is 0 Å². The summed E-state index contributed by atoms with van der Waals surface area (Å²) >= 11 is 1.16. The molecule has 0 unspecified atom stereocenters. The smallest absolute Gasteiger partial charge is 0.270 e. The van der Waals surface area contributed by atoms with E-state index in [2.05, 4.69) is 10.3 Å². The van der Waals surface area contributed by atoms with Crippen LogP contribution in [0.25, 0.3) is 17.4 Å². The molecule has 9 heteroatoms. The van der Waals surface area contributed by atoms with Crippen LogP contribution >= 0.6 is 11.8 Å². The molecule has 4 rings (SSSR count). The molecule has 1 aliphatic heterocycles. The van der Waals surface area contributed by atoms with Gasteiger partial charge in [-0.25, -0.2) is 4.99 Å². The quantitative estimate of drug-likeness (QED) is 0.375. The van der Waals surface area contributed by atoms with E-state index >= 15 is 0 Å². The van der Waals surface area contributed by atoms with E-state index in [9.17, 15) is 20.0 Å². The third kappa shape index (κ3) is 4.19. The molecule has 2 aromatic carbocycles. The Balaban J connectivity index is 1.54. The van der Waals surface area contributed by atoms with Crippen molar-refractivity contribution in [2.45, 2.75) is 0 Å². The van der Waals surface area contributed by atoms with Crippen LogP contribution in [0.3, 0.4) is 0 Å². The molecule has 0 saturated carbocycles. The van der Waals surface area contributed by atoms with Gasteiger partial charge in [0.15, 0.2) is 5.17 Å². The monoisotopic (exact) mass is 407 g/mol. The van der Waals surface area contributed by atoms with Crippen LogP contribution in [0, 0.1) is 10.1 Å². The molecular formula is C20H13N3O5S. The topological polar surface area (TPSA) is 118 Å². The summed E-state index contributed by atoms with van der Waals surface area (Å²) in [5, 5.41) is 23.3. The number of phenolic OH excluding ortho intramolecular Hbond substituents is 1. The van der Waals surface area contributed by atoms with E-state index < -0.39 is 4.92 Å². The number of furan rings is 1. The summed E-state index contributed by atoms with van der Waals surface area (Å²) in [6.07, 6.45) is 1.58. The molecule has 1 aromatic heterocycles. The summed E-state index contributed by atoms with van der Waals surface area (Å²) < 4.78 is 5.72. The fourth-order valence-electron chi connectivity index (χ4n) is 2.61. The lowest BCUT2D eigenvalue weighted by Crippen LogP contribution is -2.19. The van der Waals surface area contributed by atoms with Gasteiger partial charge >= 0.3 is 0 Å². The summed E-state index contributed by atoms with van der Waals surface area (Å²) in [6.45, 7) is 0. The zero-order valence-electron chi connectivity index (χ0n) is 14.7. The van der Waals surface area contributed by atoms with Crippen LogP contribution in [0.2, 0.25) is 0 Å². The van der Waals surface area contributed by atoms with Gasteiger partial charge in [-0.05, 0) is 48.2 Å². The lowest BCUT2D eigenvalue weighted by atomic mass is 10.1. The van der Waals surface area contributed by atoms with E-state index in [0.717, 1.165) is 11.8 Å². The minimum Gasteiger partial charge on any atom is -0.508 e. The van der Waals surface area contributed by atoms with Crippen molar-refractivity contribution in [2.75, 3.05) is 0 Å². The highest BCUT2D eigenvalue weighted by Gasteiger charge is 2.24. The Labute approximate surface area is 168 Å². The van der Waals surface area contributed by atoms with Crippen molar-refractivity contribution in [3.05, 3.63) is 81.4 Å². The van der Waals surface area contributed by atoms with Crippen molar-refractivity contribution in [1.82, 2.24) is 5.32 Å². The summed E-state index contributed by atoms with van der Waals surface area (Å²) in [5.74, 6) is 0.729. The number of hydrogen-bond acceptors (Lipinski definition) is 7. The van der Waals surface area contributed by atoms with E-state index in [1.807, 2.05) is 0 Å². The maximum absolute atomic E-state index is 12.2. The van der Waals surface area contributed by atoms with Crippen molar-refractivity contribution >= 4 is 40.3 Å². The van der Waals surface area contributed by atoms with E-state index in [-0.39, 0.29) is 17.3 Å². The number of benzene rings is 2. The zero-order chi connectivity index (χ0) is 20.4. The van der Waals surface area contributed by atoms with E-state index in [4.69, 9.17) is 4.42 Å². The summed E-state index contributed by atoms with van der Waals surface area (Å²) in [4.78, 5) is 27.4. The Morgan fingerprint density at radius 3 is 2.69 bits per heavy atom. The molecule has 0 atom stereocenters. The number of phenols is 1. The highest BCUT2D eigenvalue weighted by atomic mass is 32.2. The number of thioether (sulfide) groups is 1. The maximum atomic E-state index is 12.2. The van der Waals surface area contributed by atoms with Crippen LogP contribution in [-0.4, -0.2) is 21.1 Å². The zero-order valence-corrected chi connectivity index (χ0v) is 15.6. The van der Waals surface area contributed by atoms with Gasteiger partial charge in [-0.15, -0.1) is 0 Å². The molecule has 1 amide bonds. The lowest BCUT2D eigenvalue weighted by Gasteiger charge is -1.97. The average molecular weight is 407 g/mol. The number of nitro groups is 1. The third-order valence-corrected chi connectivity index (χ3v) is 4.88. The molecule has 29 heavy (non-hydrogen) atoms. The van der Waals surface area contributed by atoms with Crippen LogP contribution in [0.15, 0.2) is 75.0 Å². The van der Waals surface area contributed by atoms with Gasteiger partial charge < -0.3 is 14.8 Å². The Hall–Kier alpha value is -3.85. The molecule has 2 heterocycles. The number of hydrogen-bond donors (Lipinski definition) is 2. The van der Waals surface area contributed by atoms with Gasteiger partial charge in [0.05, 0.1) is 15.5 Å². The van der Waals surface area contributed by atoms with E-state index in [1.54, 1.807) is 42.5 Å². The second-order valence-electron chi connectivity index (χ2n) is 6.01. The molecule has 8 nitrogen and oxygen atoms in total. The van der Waals surface area contributed by atoms with Gasteiger partial charge in [-0.3, -0.25) is 14.9 Å². The SMILES string of the molecule is O=C1NC(=Nc2ccc(O)cc2)SC1=Cc1ccc(-c2cccc([N+](=O)[O-])c2)o1. The number of amidine groups is 1. The van der Waals surface area contributed by atoms with Gasteiger partial charge in [0.25, 0.3) is 11.6 Å². The van der Waals surface area contributed by atoms with Crippen molar-refractivity contribution in [3.8, 4) is 17.1 Å². The molecule has 3 aromatic rings. The summed E-state index contributed by atoms with van der Waals surface area (Å²) in [7, 11) is 0. The van der Waals surface area contributed by atoms with Crippen LogP contribution in [0.4, 0.5) is 11.4 Å². The van der Waals surface area contributed by atoms with Crippen molar-refractivity contribution in [1.29, 1.82) is 0 Å². The highest BCUT2D eigenvalue weighted by molar-refractivity contribution is 8.18. The average Bonchev–Trinajstić information content (AvgIpc) is 3.31. The molecular weight excluding hydrogens is 394 g/mol. The minimum absolute atomic E-state index is 0.0281. The van der Waals surface area contributed by atoms with Gasteiger partial charge in [0.1, 0.15) is 17.3 Å². The molecule has 144 valence electrons. The van der Waals surface area contributed by atoms with Crippen LogP contribution in [0.5, 0.6) is 5.75 Å². The molecule has 1 fully saturated rings. The first-order chi connectivity index (χ1) is 14.0. The number of aliphatic imine (C=N–C) groups is 1.